The van der Waals surface area contributed by atoms with Crippen LogP contribution in [0.3, 0.4) is 0 Å². The standard InChI is InChI=1S/C26H42O2Si2/c1-25(2,3)29(7,8)27-19-21-11-15-23(16-12-21)24-17-13-22(14-18-24)20-28-30(9,10)26(4,5)6/h11-18H,19-20H2,1-10H3. The lowest BCUT2D eigenvalue weighted by atomic mass is 10.0. The summed E-state index contributed by atoms with van der Waals surface area (Å²) in [5.74, 6) is 0. The zero-order chi connectivity index (χ0) is 22.8. The van der Waals surface area contributed by atoms with E-state index in [0.29, 0.717) is 13.2 Å². The van der Waals surface area contributed by atoms with Crippen LogP contribution in [0.15, 0.2) is 48.5 Å². The molecule has 0 heterocycles. The Labute approximate surface area is 187 Å². The Bertz CT molecular complexity index is 737. The van der Waals surface area contributed by atoms with Gasteiger partial charge in [-0.15, -0.1) is 0 Å². The molecule has 0 atom stereocenters. The molecule has 4 heteroatoms. The van der Waals surface area contributed by atoms with Gasteiger partial charge in [-0.3, -0.25) is 0 Å². The first-order chi connectivity index (χ1) is 13.6. The predicted octanol–water partition coefficient (Wildman–Crippen LogP) is 8.40. The van der Waals surface area contributed by atoms with E-state index < -0.39 is 16.6 Å². The molecule has 0 unspecified atom stereocenters. The number of rotatable bonds is 7. The fraction of sp³-hybridized carbons (Fsp3) is 0.538. The quantitative estimate of drug-likeness (QED) is 0.401. The summed E-state index contributed by atoms with van der Waals surface area (Å²) in [6, 6.07) is 17.6. The highest BCUT2D eigenvalue weighted by molar-refractivity contribution is 6.74. The normalized spacial score (nSPS) is 13.5. The maximum atomic E-state index is 6.35. The van der Waals surface area contributed by atoms with Crippen LogP contribution in [0.25, 0.3) is 11.1 Å². The van der Waals surface area contributed by atoms with Crippen molar-refractivity contribution in [1.29, 1.82) is 0 Å². The summed E-state index contributed by atoms with van der Waals surface area (Å²) in [7, 11) is -3.43. The Balaban J connectivity index is 1.99. The first kappa shape index (κ1) is 25.1. The molecule has 0 saturated carbocycles. The molecule has 0 spiro atoms. The minimum atomic E-state index is -1.71. The van der Waals surface area contributed by atoms with E-state index in [0.717, 1.165) is 0 Å². The van der Waals surface area contributed by atoms with Crippen molar-refractivity contribution in [2.24, 2.45) is 0 Å². The second kappa shape index (κ2) is 9.11. The molecular formula is C26H42O2Si2. The van der Waals surface area contributed by atoms with Gasteiger partial charge in [-0.25, -0.2) is 0 Å². The van der Waals surface area contributed by atoms with Gasteiger partial charge in [-0.05, 0) is 58.5 Å². The Morgan fingerprint density at radius 1 is 0.533 bits per heavy atom. The van der Waals surface area contributed by atoms with Crippen LogP contribution in [0, 0.1) is 0 Å². The van der Waals surface area contributed by atoms with E-state index in [1.54, 1.807) is 0 Å². The number of hydrogen-bond acceptors (Lipinski definition) is 2. The molecule has 0 aliphatic heterocycles. The van der Waals surface area contributed by atoms with Crippen molar-refractivity contribution in [3.8, 4) is 11.1 Å². The van der Waals surface area contributed by atoms with Crippen LogP contribution in [0.2, 0.25) is 36.3 Å². The Hall–Kier alpha value is -1.21. The topological polar surface area (TPSA) is 18.5 Å². The van der Waals surface area contributed by atoms with Gasteiger partial charge >= 0.3 is 0 Å². The average Bonchev–Trinajstić information content (AvgIpc) is 2.64. The summed E-state index contributed by atoms with van der Waals surface area (Å²) in [6.45, 7) is 24.3. The van der Waals surface area contributed by atoms with E-state index in [9.17, 15) is 0 Å². The summed E-state index contributed by atoms with van der Waals surface area (Å²) in [5.41, 5.74) is 4.96. The fourth-order valence-corrected chi connectivity index (χ4v) is 4.47. The summed E-state index contributed by atoms with van der Waals surface area (Å²) >= 11 is 0. The van der Waals surface area contributed by atoms with Gasteiger partial charge in [-0.2, -0.15) is 0 Å². The molecule has 2 aromatic carbocycles. The molecule has 2 nitrogen and oxygen atoms in total. The van der Waals surface area contributed by atoms with Crippen LogP contribution in [-0.4, -0.2) is 16.6 Å². The molecule has 0 aliphatic rings. The molecule has 0 aromatic heterocycles. The fourth-order valence-electron chi connectivity index (χ4n) is 2.55. The van der Waals surface area contributed by atoms with Crippen molar-refractivity contribution in [3.05, 3.63) is 59.7 Å². The second-order valence-electron chi connectivity index (χ2n) is 11.5. The second-order valence-corrected chi connectivity index (χ2v) is 21.1. The Morgan fingerprint density at radius 2 is 0.800 bits per heavy atom. The highest BCUT2D eigenvalue weighted by atomic mass is 28.4. The molecule has 0 radical (unpaired) electrons. The highest BCUT2D eigenvalue weighted by Crippen LogP contribution is 2.38. The molecule has 2 rings (SSSR count). The van der Waals surface area contributed by atoms with E-state index in [4.69, 9.17) is 8.85 Å². The third-order valence-electron chi connectivity index (χ3n) is 7.05. The van der Waals surface area contributed by atoms with E-state index in [1.807, 2.05) is 0 Å². The zero-order valence-electron chi connectivity index (χ0n) is 20.8. The largest absolute Gasteiger partial charge is 0.413 e. The maximum Gasteiger partial charge on any atom is 0.192 e. The van der Waals surface area contributed by atoms with Crippen LogP contribution in [-0.2, 0) is 22.1 Å². The van der Waals surface area contributed by atoms with Gasteiger partial charge in [0.2, 0.25) is 0 Å². The first-order valence-electron chi connectivity index (χ1n) is 11.1. The molecule has 0 fully saturated rings. The van der Waals surface area contributed by atoms with Gasteiger partial charge in [0, 0.05) is 0 Å². The van der Waals surface area contributed by atoms with Crippen LogP contribution in [0.4, 0.5) is 0 Å². The Morgan fingerprint density at radius 3 is 1.03 bits per heavy atom. The summed E-state index contributed by atoms with van der Waals surface area (Å²) in [4.78, 5) is 0. The lowest BCUT2D eigenvalue weighted by Gasteiger charge is -2.36. The molecule has 0 saturated heterocycles. The van der Waals surface area contributed by atoms with Gasteiger partial charge in [-0.1, -0.05) is 90.1 Å². The van der Waals surface area contributed by atoms with Gasteiger partial charge in [0.05, 0.1) is 13.2 Å². The maximum absolute atomic E-state index is 6.35. The van der Waals surface area contributed by atoms with Gasteiger partial charge in [0.15, 0.2) is 16.6 Å². The van der Waals surface area contributed by atoms with Crippen molar-refractivity contribution < 1.29 is 8.85 Å². The van der Waals surface area contributed by atoms with Gasteiger partial charge in [0.1, 0.15) is 0 Å². The molecule has 0 aliphatic carbocycles. The first-order valence-corrected chi connectivity index (χ1v) is 16.9. The van der Waals surface area contributed by atoms with Crippen molar-refractivity contribution >= 4 is 16.6 Å². The smallest absolute Gasteiger partial charge is 0.192 e. The van der Waals surface area contributed by atoms with E-state index in [1.165, 1.54) is 22.3 Å². The van der Waals surface area contributed by atoms with Crippen molar-refractivity contribution in [1.82, 2.24) is 0 Å². The molecule has 166 valence electrons. The lowest BCUT2D eigenvalue weighted by Crippen LogP contribution is -2.40. The molecule has 2 aromatic rings. The van der Waals surface area contributed by atoms with Crippen LogP contribution in [0.1, 0.15) is 52.7 Å². The molecule has 0 amide bonds. The van der Waals surface area contributed by atoms with Crippen molar-refractivity contribution in [3.63, 3.8) is 0 Å². The SMILES string of the molecule is CC(C)(C)[Si](C)(C)OCc1ccc(-c2ccc(CO[Si](C)(C)C(C)(C)C)cc2)cc1. The van der Waals surface area contributed by atoms with E-state index in [2.05, 4.69) is 116 Å². The third kappa shape index (κ3) is 6.40. The van der Waals surface area contributed by atoms with Gasteiger partial charge < -0.3 is 8.85 Å². The Kier molecular flexibility index (Phi) is 7.61. The zero-order valence-corrected chi connectivity index (χ0v) is 22.8. The summed E-state index contributed by atoms with van der Waals surface area (Å²) in [6.07, 6.45) is 0. The van der Waals surface area contributed by atoms with Crippen LogP contribution in [0.5, 0.6) is 0 Å². The van der Waals surface area contributed by atoms with Gasteiger partial charge in [0.25, 0.3) is 0 Å². The third-order valence-corrected chi connectivity index (χ3v) is 16.0. The van der Waals surface area contributed by atoms with Crippen LogP contribution >= 0.6 is 0 Å². The predicted molar refractivity (Wildman–Crippen MR) is 136 cm³/mol. The summed E-state index contributed by atoms with van der Waals surface area (Å²) in [5, 5.41) is 0.478. The minimum Gasteiger partial charge on any atom is -0.413 e. The van der Waals surface area contributed by atoms with Crippen molar-refractivity contribution in [2.45, 2.75) is 91.0 Å². The van der Waals surface area contributed by atoms with Crippen LogP contribution < -0.4 is 0 Å². The van der Waals surface area contributed by atoms with E-state index in [-0.39, 0.29) is 10.1 Å². The minimum absolute atomic E-state index is 0.239. The lowest BCUT2D eigenvalue weighted by molar-refractivity contribution is 0.276. The highest BCUT2D eigenvalue weighted by Gasteiger charge is 2.37. The monoisotopic (exact) mass is 442 g/mol. The number of hydrogen-bond donors (Lipinski definition) is 0. The molecule has 30 heavy (non-hydrogen) atoms. The molecular weight excluding hydrogens is 400 g/mol. The average molecular weight is 443 g/mol. The van der Waals surface area contributed by atoms with Crippen molar-refractivity contribution in [2.75, 3.05) is 0 Å². The number of benzene rings is 2. The molecule has 0 N–H and O–H groups in total. The summed E-state index contributed by atoms with van der Waals surface area (Å²) < 4.78 is 12.7. The van der Waals surface area contributed by atoms with E-state index >= 15 is 0 Å². The molecule has 0 bridgehead atoms.